The topological polar surface area (TPSA) is 46.3 Å². The van der Waals surface area contributed by atoms with Gasteiger partial charge >= 0.3 is 0 Å². The number of nitrogens with zero attached hydrogens (tertiary/aromatic N) is 2. The Balaban J connectivity index is 1.81. The molecule has 0 unspecified atom stereocenters. The summed E-state index contributed by atoms with van der Waals surface area (Å²) in [6.45, 7) is 1.58. The molecule has 1 aliphatic heterocycles. The van der Waals surface area contributed by atoms with Crippen molar-refractivity contribution in [1.82, 2.24) is 9.88 Å². The first-order valence-electron chi connectivity index (χ1n) is 8.24. The van der Waals surface area contributed by atoms with Gasteiger partial charge in [-0.25, -0.2) is 4.98 Å². The summed E-state index contributed by atoms with van der Waals surface area (Å²) in [6.07, 6.45) is 2.10. The first-order valence-corrected chi connectivity index (χ1v) is 8.24. The summed E-state index contributed by atoms with van der Waals surface area (Å²) in [5.74, 6) is 0.987. The first-order chi connectivity index (χ1) is 11.8. The lowest BCUT2D eigenvalue weighted by atomic mass is 10.1. The molecule has 1 saturated heterocycles. The van der Waals surface area contributed by atoms with Crippen molar-refractivity contribution in [3.8, 4) is 22.8 Å². The zero-order valence-corrected chi connectivity index (χ0v) is 13.3. The molecule has 0 radical (unpaired) electrons. The molecular formula is C20H18N2O2. The highest BCUT2D eigenvalue weighted by Crippen LogP contribution is 2.31. The van der Waals surface area contributed by atoms with Gasteiger partial charge in [-0.2, -0.15) is 0 Å². The molecule has 2 heterocycles. The van der Waals surface area contributed by atoms with E-state index in [1.54, 1.807) is 0 Å². The van der Waals surface area contributed by atoms with E-state index >= 15 is 0 Å². The predicted octanol–water partition coefficient (Wildman–Crippen LogP) is 4.24. The van der Waals surface area contributed by atoms with E-state index in [-0.39, 0.29) is 5.91 Å². The fourth-order valence-corrected chi connectivity index (χ4v) is 3.02. The molecule has 24 heavy (non-hydrogen) atoms. The standard InChI is InChI=1S/C20H18N2O2/c23-20(22-13-7-8-14-22)17-18(15-9-3-1-4-10-15)24-19(21-17)16-11-5-2-6-12-16/h1-6,9-12H,7-8,13-14H2. The van der Waals surface area contributed by atoms with Gasteiger partial charge in [0.05, 0.1) is 0 Å². The fraction of sp³-hybridized carbons (Fsp3) is 0.200. The predicted molar refractivity (Wildman–Crippen MR) is 92.5 cm³/mol. The molecule has 1 fully saturated rings. The first kappa shape index (κ1) is 14.7. The van der Waals surface area contributed by atoms with Gasteiger partial charge in [0, 0.05) is 24.2 Å². The Morgan fingerprint density at radius 2 is 1.46 bits per heavy atom. The van der Waals surface area contributed by atoms with Crippen LogP contribution in [0.1, 0.15) is 23.3 Å². The highest BCUT2D eigenvalue weighted by molar-refractivity contribution is 5.98. The molecule has 0 saturated carbocycles. The average Bonchev–Trinajstić information content (AvgIpc) is 3.33. The molecule has 120 valence electrons. The number of amides is 1. The molecular weight excluding hydrogens is 300 g/mol. The van der Waals surface area contributed by atoms with Crippen molar-refractivity contribution in [3.05, 3.63) is 66.4 Å². The highest BCUT2D eigenvalue weighted by atomic mass is 16.4. The van der Waals surface area contributed by atoms with Crippen LogP contribution in [0.5, 0.6) is 0 Å². The molecule has 1 aromatic heterocycles. The van der Waals surface area contributed by atoms with Gasteiger partial charge in [-0.05, 0) is 25.0 Å². The van der Waals surface area contributed by atoms with Gasteiger partial charge in [0.15, 0.2) is 11.5 Å². The van der Waals surface area contributed by atoms with Crippen LogP contribution in [0.3, 0.4) is 0 Å². The Morgan fingerprint density at radius 1 is 0.875 bits per heavy atom. The summed E-state index contributed by atoms with van der Waals surface area (Å²) < 4.78 is 6.01. The summed E-state index contributed by atoms with van der Waals surface area (Å²) in [6, 6.07) is 19.4. The van der Waals surface area contributed by atoms with Crippen LogP contribution >= 0.6 is 0 Å². The van der Waals surface area contributed by atoms with Gasteiger partial charge in [0.1, 0.15) is 0 Å². The smallest absolute Gasteiger partial charge is 0.276 e. The average molecular weight is 318 g/mol. The molecule has 0 atom stereocenters. The minimum absolute atomic E-state index is 0.0442. The maximum Gasteiger partial charge on any atom is 0.276 e. The Bertz CT molecular complexity index is 835. The van der Waals surface area contributed by atoms with Gasteiger partial charge in [0.25, 0.3) is 5.91 Å². The summed E-state index contributed by atoms with van der Waals surface area (Å²) in [7, 11) is 0. The normalized spacial score (nSPS) is 14.1. The van der Waals surface area contributed by atoms with Gasteiger partial charge < -0.3 is 9.32 Å². The minimum atomic E-state index is -0.0442. The second kappa shape index (κ2) is 6.32. The molecule has 0 spiro atoms. The molecule has 0 bridgehead atoms. The van der Waals surface area contributed by atoms with Crippen LogP contribution in [0, 0.1) is 0 Å². The van der Waals surface area contributed by atoms with Crippen LogP contribution < -0.4 is 0 Å². The molecule has 1 aliphatic rings. The van der Waals surface area contributed by atoms with Gasteiger partial charge in [-0.15, -0.1) is 0 Å². The van der Waals surface area contributed by atoms with Crippen LogP contribution in [-0.4, -0.2) is 28.9 Å². The number of benzene rings is 2. The van der Waals surface area contributed by atoms with Crippen molar-refractivity contribution in [2.45, 2.75) is 12.8 Å². The third-order valence-corrected chi connectivity index (χ3v) is 4.28. The van der Waals surface area contributed by atoms with Crippen molar-refractivity contribution in [2.24, 2.45) is 0 Å². The van der Waals surface area contributed by atoms with Crippen molar-refractivity contribution in [2.75, 3.05) is 13.1 Å². The van der Waals surface area contributed by atoms with Crippen LogP contribution in [0.4, 0.5) is 0 Å². The number of aromatic nitrogens is 1. The summed E-state index contributed by atoms with van der Waals surface area (Å²) >= 11 is 0. The highest BCUT2D eigenvalue weighted by Gasteiger charge is 2.27. The lowest BCUT2D eigenvalue weighted by Crippen LogP contribution is -2.28. The third-order valence-electron chi connectivity index (χ3n) is 4.28. The number of likely N-dealkylation sites (tertiary alicyclic amines) is 1. The molecule has 0 N–H and O–H groups in total. The van der Waals surface area contributed by atoms with E-state index in [1.807, 2.05) is 65.6 Å². The minimum Gasteiger partial charge on any atom is -0.435 e. The lowest BCUT2D eigenvalue weighted by molar-refractivity contribution is 0.0788. The zero-order chi connectivity index (χ0) is 16.4. The molecule has 2 aromatic carbocycles. The number of carbonyl (C=O) groups excluding carboxylic acids is 1. The quantitative estimate of drug-likeness (QED) is 0.725. The second-order valence-corrected chi connectivity index (χ2v) is 5.93. The number of hydrogen-bond donors (Lipinski definition) is 0. The Kier molecular flexibility index (Phi) is 3.87. The third kappa shape index (κ3) is 2.71. The molecule has 3 aromatic rings. The second-order valence-electron chi connectivity index (χ2n) is 5.93. The molecule has 4 nitrogen and oxygen atoms in total. The molecule has 4 heteroatoms. The number of carbonyl (C=O) groups is 1. The van der Waals surface area contributed by atoms with Crippen molar-refractivity contribution >= 4 is 5.91 Å². The fourth-order valence-electron chi connectivity index (χ4n) is 3.02. The van der Waals surface area contributed by atoms with Gasteiger partial charge in [-0.1, -0.05) is 48.5 Å². The summed E-state index contributed by atoms with van der Waals surface area (Å²) in [5.41, 5.74) is 2.15. The zero-order valence-electron chi connectivity index (χ0n) is 13.3. The summed E-state index contributed by atoms with van der Waals surface area (Å²) in [5, 5.41) is 0. The van der Waals surface area contributed by atoms with E-state index in [1.165, 1.54) is 0 Å². The maximum atomic E-state index is 12.9. The number of rotatable bonds is 3. The van der Waals surface area contributed by atoms with Crippen LogP contribution in [0.25, 0.3) is 22.8 Å². The van der Waals surface area contributed by atoms with Crippen molar-refractivity contribution in [1.29, 1.82) is 0 Å². The Hall–Kier alpha value is -2.88. The van der Waals surface area contributed by atoms with E-state index in [4.69, 9.17) is 4.42 Å². The summed E-state index contributed by atoms with van der Waals surface area (Å²) in [4.78, 5) is 19.3. The molecule has 1 amide bonds. The largest absolute Gasteiger partial charge is 0.435 e. The Labute approximate surface area is 140 Å². The van der Waals surface area contributed by atoms with Crippen LogP contribution in [-0.2, 0) is 0 Å². The Morgan fingerprint density at radius 3 is 2.08 bits per heavy atom. The number of oxazole rings is 1. The van der Waals surface area contributed by atoms with E-state index in [2.05, 4.69) is 4.98 Å². The number of hydrogen-bond acceptors (Lipinski definition) is 3. The molecule has 4 rings (SSSR count). The van der Waals surface area contributed by atoms with Gasteiger partial charge in [-0.3, -0.25) is 4.79 Å². The van der Waals surface area contributed by atoms with Crippen LogP contribution in [0.2, 0.25) is 0 Å². The maximum absolute atomic E-state index is 12.9. The van der Waals surface area contributed by atoms with Crippen molar-refractivity contribution in [3.63, 3.8) is 0 Å². The van der Waals surface area contributed by atoms with E-state index in [9.17, 15) is 4.79 Å². The van der Waals surface area contributed by atoms with Crippen molar-refractivity contribution < 1.29 is 9.21 Å². The van der Waals surface area contributed by atoms with E-state index in [0.29, 0.717) is 17.3 Å². The molecule has 0 aliphatic carbocycles. The SMILES string of the molecule is O=C(c1nc(-c2ccccc2)oc1-c1ccccc1)N1CCCC1. The van der Waals surface area contributed by atoms with Crippen LogP contribution in [0.15, 0.2) is 65.1 Å². The lowest BCUT2D eigenvalue weighted by Gasteiger charge is -2.13. The monoisotopic (exact) mass is 318 g/mol. The van der Waals surface area contributed by atoms with Gasteiger partial charge in [0.2, 0.25) is 5.89 Å². The van der Waals surface area contributed by atoms with E-state index in [0.717, 1.165) is 37.1 Å². The van der Waals surface area contributed by atoms with E-state index < -0.39 is 0 Å².